The van der Waals surface area contributed by atoms with E-state index in [1.54, 1.807) is 12.4 Å². The maximum Gasteiger partial charge on any atom is 0.134 e. The summed E-state index contributed by atoms with van der Waals surface area (Å²) in [5.41, 5.74) is 2.02. The van der Waals surface area contributed by atoms with Crippen LogP contribution in [0.5, 0.6) is 0 Å². The van der Waals surface area contributed by atoms with Crippen molar-refractivity contribution in [3.05, 3.63) is 24.0 Å². The summed E-state index contributed by atoms with van der Waals surface area (Å²) < 4.78 is 13.3. The Bertz CT molecular complexity index is 316. The molecule has 2 rings (SSSR count). The predicted octanol–water partition coefficient (Wildman–Crippen LogP) is 1.11. The molecule has 1 saturated heterocycles. The fourth-order valence-corrected chi connectivity index (χ4v) is 1.60. The zero-order valence-electron chi connectivity index (χ0n) is 8.13. The standard InChI is InChI=1S/C10H14FN3/c1-7-2-3-12-5-9(7)14-10-6-13-4-8(10)11/h2-3,5,8,10,13-14H,4,6H2,1H3. The van der Waals surface area contributed by atoms with Gasteiger partial charge in [-0.1, -0.05) is 0 Å². The first-order valence-corrected chi connectivity index (χ1v) is 4.79. The molecule has 1 aromatic heterocycles. The summed E-state index contributed by atoms with van der Waals surface area (Å²) in [6.45, 7) is 3.10. The Balaban J connectivity index is 2.07. The normalized spacial score (nSPS) is 26.4. The van der Waals surface area contributed by atoms with Gasteiger partial charge in [-0.3, -0.25) is 4.98 Å². The van der Waals surface area contributed by atoms with Crippen LogP contribution in [0.25, 0.3) is 0 Å². The molecule has 4 heteroatoms. The lowest BCUT2D eigenvalue weighted by Crippen LogP contribution is -2.29. The Morgan fingerprint density at radius 3 is 3.07 bits per heavy atom. The molecule has 0 saturated carbocycles. The summed E-state index contributed by atoms with van der Waals surface area (Å²) in [6, 6.07) is 1.79. The number of nitrogens with one attached hydrogen (secondary N) is 2. The quantitative estimate of drug-likeness (QED) is 0.742. The summed E-state index contributed by atoms with van der Waals surface area (Å²) >= 11 is 0. The van der Waals surface area contributed by atoms with Gasteiger partial charge >= 0.3 is 0 Å². The van der Waals surface area contributed by atoms with E-state index in [2.05, 4.69) is 15.6 Å². The highest BCUT2D eigenvalue weighted by molar-refractivity contribution is 5.49. The van der Waals surface area contributed by atoms with Crippen LogP contribution in [0.4, 0.5) is 10.1 Å². The monoisotopic (exact) mass is 195 g/mol. The Morgan fingerprint density at radius 1 is 1.57 bits per heavy atom. The summed E-state index contributed by atoms with van der Waals surface area (Å²) in [5.74, 6) is 0. The van der Waals surface area contributed by atoms with Crippen molar-refractivity contribution in [3.8, 4) is 0 Å². The van der Waals surface area contributed by atoms with Gasteiger partial charge in [-0.05, 0) is 18.6 Å². The average molecular weight is 195 g/mol. The third kappa shape index (κ3) is 1.85. The van der Waals surface area contributed by atoms with Crippen molar-refractivity contribution in [2.24, 2.45) is 0 Å². The average Bonchev–Trinajstić information content (AvgIpc) is 2.56. The van der Waals surface area contributed by atoms with Gasteiger partial charge < -0.3 is 10.6 Å². The Kier molecular flexibility index (Phi) is 2.63. The summed E-state index contributed by atoms with van der Waals surface area (Å²) in [7, 11) is 0. The van der Waals surface area contributed by atoms with E-state index in [-0.39, 0.29) is 6.04 Å². The van der Waals surface area contributed by atoms with E-state index in [4.69, 9.17) is 0 Å². The molecule has 1 fully saturated rings. The summed E-state index contributed by atoms with van der Waals surface area (Å²) in [4.78, 5) is 4.01. The van der Waals surface area contributed by atoms with E-state index in [1.165, 1.54) is 0 Å². The molecular weight excluding hydrogens is 181 g/mol. The number of pyridine rings is 1. The molecule has 3 nitrogen and oxygen atoms in total. The minimum atomic E-state index is -0.811. The Morgan fingerprint density at radius 2 is 2.43 bits per heavy atom. The summed E-state index contributed by atoms with van der Waals surface area (Å²) in [6.07, 6.45) is 2.66. The van der Waals surface area contributed by atoms with E-state index in [1.807, 2.05) is 13.0 Å². The van der Waals surface area contributed by atoms with Crippen molar-refractivity contribution in [1.82, 2.24) is 10.3 Å². The van der Waals surface area contributed by atoms with E-state index in [9.17, 15) is 4.39 Å². The smallest absolute Gasteiger partial charge is 0.134 e. The number of aryl methyl sites for hydroxylation is 1. The number of aromatic nitrogens is 1. The van der Waals surface area contributed by atoms with Gasteiger partial charge in [0.25, 0.3) is 0 Å². The van der Waals surface area contributed by atoms with Crippen LogP contribution >= 0.6 is 0 Å². The lowest BCUT2D eigenvalue weighted by molar-refractivity contribution is 0.342. The van der Waals surface area contributed by atoms with Gasteiger partial charge in [0.2, 0.25) is 0 Å². The minimum Gasteiger partial charge on any atom is -0.377 e. The van der Waals surface area contributed by atoms with Crippen LogP contribution in [-0.4, -0.2) is 30.3 Å². The number of hydrogen-bond donors (Lipinski definition) is 2. The molecule has 1 aromatic rings. The number of alkyl halides is 1. The zero-order valence-corrected chi connectivity index (χ0v) is 8.13. The van der Waals surface area contributed by atoms with Gasteiger partial charge in [0.15, 0.2) is 0 Å². The van der Waals surface area contributed by atoms with Crippen molar-refractivity contribution < 1.29 is 4.39 Å². The number of hydrogen-bond acceptors (Lipinski definition) is 3. The van der Waals surface area contributed by atoms with E-state index >= 15 is 0 Å². The predicted molar refractivity (Wildman–Crippen MR) is 54.2 cm³/mol. The van der Waals surface area contributed by atoms with Crippen LogP contribution < -0.4 is 10.6 Å². The van der Waals surface area contributed by atoms with Gasteiger partial charge in [-0.2, -0.15) is 0 Å². The third-order valence-corrected chi connectivity index (χ3v) is 2.52. The summed E-state index contributed by atoms with van der Waals surface area (Å²) in [5, 5.41) is 6.16. The number of anilines is 1. The first-order valence-electron chi connectivity index (χ1n) is 4.79. The van der Waals surface area contributed by atoms with Crippen molar-refractivity contribution >= 4 is 5.69 Å². The molecule has 0 aromatic carbocycles. The molecule has 2 atom stereocenters. The topological polar surface area (TPSA) is 37.0 Å². The van der Waals surface area contributed by atoms with Crippen LogP contribution in [0.1, 0.15) is 5.56 Å². The Hall–Kier alpha value is -1.16. The van der Waals surface area contributed by atoms with Gasteiger partial charge in [0.05, 0.1) is 17.9 Å². The minimum absolute atomic E-state index is 0.127. The van der Waals surface area contributed by atoms with Crippen LogP contribution in [0, 0.1) is 6.92 Å². The largest absolute Gasteiger partial charge is 0.377 e. The molecule has 0 bridgehead atoms. The molecule has 0 spiro atoms. The van der Waals surface area contributed by atoms with Gasteiger partial charge in [0, 0.05) is 19.3 Å². The van der Waals surface area contributed by atoms with Crippen LogP contribution in [0.2, 0.25) is 0 Å². The Labute approximate surface area is 82.7 Å². The van der Waals surface area contributed by atoms with E-state index < -0.39 is 6.17 Å². The van der Waals surface area contributed by atoms with Crippen molar-refractivity contribution in [3.63, 3.8) is 0 Å². The van der Waals surface area contributed by atoms with E-state index in [0.29, 0.717) is 13.1 Å². The fraction of sp³-hybridized carbons (Fsp3) is 0.500. The van der Waals surface area contributed by atoms with Gasteiger partial charge in [-0.15, -0.1) is 0 Å². The molecule has 0 aliphatic carbocycles. The molecule has 2 heterocycles. The lowest BCUT2D eigenvalue weighted by atomic mass is 10.2. The van der Waals surface area contributed by atoms with Crippen molar-refractivity contribution in [2.45, 2.75) is 19.1 Å². The van der Waals surface area contributed by atoms with Crippen molar-refractivity contribution in [1.29, 1.82) is 0 Å². The zero-order chi connectivity index (χ0) is 9.97. The van der Waals surface area contributed by atoms with Crippen LogP contribution in [0.3, 0.4) is 0 Å². The highest BCUT2D eigenvalue weighted by Crippen LogP contribution is 2.16. The third-order valence-electron chi connectivity index (χ3n) is 2.52. The number of rotatable bonds is 2. The first-order chi connectivity index (χ1) is 6.77. The first kappa shape index (κ1) is 9.40. The van der Waals surface area contributed by atoms with Crippen LogP contribution in [0.15, 0.2) is 18.5 Å². The molecular formula is C10H14FN3. The molecule has 2 unspecified atom stereocenters. The van der Waals surface area contributed by atoms with Gasteiger partial charge in [0.1, 0.15) is 6.17 Å². The maximum atomic E-state index is 13.3. The number of halogens is 1. The fourth-order valence-electron chi connectivity index (χ4n) is 1.60. The van der Waals surface area contributed by atoms with E-state index in [0.717, 1.165) is 11.3 Å². The molecule has 1 aliphatic heterocycles. The molecule has 0 radical (unpaired) electrons. The SMILES string of the molecule is Cc1ccncc1NC1CNCC1F. The second-order valence-electron chi connectivity index (χ2n) is 3.62. The second-order valence-corrected chi connectivity index (χ2v) is 3.62. The van der Waals surface area contributed by atoms with Gasteiger partial charge in [-0.25, -0.2) is 4.39 Å². The second kappa shape index (κ2) is 3.92. The lowest BCUT2D eigenvalue weighted by Gasteiger charge is -2.16. The highest BCUT2D eigenvalue weighted by atomic mass is 19.1. The molecule has 1 aliphatic rings. The number of nitrogens with zero attached hydrogens (tertiary/aromatic N) is 1. The molecule has 14 heavy (non-hydrogen) atoms. The molecule has 76 valence electrons. The van der Waals surface area contributed by atoms with Crippen LogP contribution in [-0.2, 0) is 0 Å². The molecule has 0 amide bonds. The highest BCUT2D eigenvalue weighted by Gasteiger charge is 2.26. The molecule has 2 N–H and O–H groups in total. The maximum absolute atomic E-state index is 13.3. The van der Waals surface area contributed by atoms with Crippen molar-refractivity contribution in [2.75, 3.05) is 18.4 Å².